The van der Waals surface area contributed by atoms with E-state index in [4.69, 9.17) is 0 Å². The number of rotatable bonds is 6. The number of nitrogens with one attached hydrogen (secondary N) is 3. The first kappa shape index (κ1) is 22.5. The third kappa shape index (κ3) is 6.40. The summed E-state index contributed by atoms with van der Waals surface area (Å²) in [6.07, 6.45) is 1.52. The first-order valence-electron chi connectivity index (χ1n) is 10.2. The van der Waals surface area contributed by atoms with Crippen molar-refractivity contribution in [3.63, 3.8) is 0 Å². The second kappa shape index (κ2) is 10.2. The Morgan fingerprint density at radius 3 is 1.38 bits per heavy atom. The average molecular weight is 428 g/mol. The van der Waals surface area contributed by atoms with Crippen molar-refractivity contribution in [3.05, 3.63) is 95.1 Å². The van der Waals surface area contributed by atoms with Crippen molar-refractivity contribution in [2.45, 2.75) is 20.8 Å². The van der Waals surface area contributed by atoms with Gasteiger partial charge >= 0.3 is 0 Å². The molecule has 0 saturated heterocycles. The molecule has 0 aromatic heterocycles. The molecule has 0 fully saturated rings. The lowest BCUT2D eigenvalue weighted by Gasteiger charge is -2.11. The fourth-order valence-electron chi connectivity index (χ4n) is 2.94. The third-order valence-corrected chi connectivity index (χ3v) is 4.65. The quantitative estimate of drug-likeness (QED) is 0.296. The topological polar surface area (TPSA) is 87.3 Å². The summed E-state index contributed by atoms with van der Waals surface area (Å²) in [5.41, 5.74) is 4.55. The van der Waals surface area contributed by atoms with E-state index in [9.17, 15) is 14.4 Å². The van der Waals surface area contributed by atoms with Gasteiger partial charge in [0.25, 0.3) is 11.8 Å². The molecular formula is C26H25N3O3. The molecule has 0 bridgehead atoms. The van der Waals surface area contributed by atoms with Gasteiger partial charge in [0, 0.05) is 24.0 Å². The third-order valence-electron chi connectivity index (χ3n) is 4.65. The Morgan fingerprint density at radius 2 is 0.969 bits per heavy atom. The largest absolute Gasteiger partial charge is 0.326 e. The van der Waals surface area contributed by atoms with Crippen LogP contribution in [-0.2, 0) is 14.4 Å². The van der Waals surface area contributed by atoms with E-state index in [-0.39, 0.29) is 11.5 Å². The van der Waals surface area contributed by atoms with Crippen LogP contribution in [0, 0.1) is 13.8 Å². The summed E-state index contributed by atoms with van der Waals surface area (Å²) >= 11 is 0. The van der Waals surface area contributed by atoms with E-state index in [1.165, 1.54) is 13.0 Å². The fraction of sp³-hybridized carbons (Fsp3) is 0.115. The maximum atomic E-state index is 13.0. The minimum Gasteiger partial charge on any atom is -0.326 e. The fourth-order valence-corrected chi connectivity index (χ4v) is 2.94. The molecule has 0 radical (unpaired) electrons. The van der Waals surface area contributed by atoms with Gasteiger partial charge in [-0.2, -0.15) is 0 Å². The number of aryl methyl sites for hydroxylation is 2. The smallest absolute Gasteiger partial charge is 0.261 e. The van der Waals surface area contributed by atoms with Crippen molar-refractivity contribution in [1.82, 2.24) is 0 Å². The Labute approximate surface area is 187 Å². The predicted octanol–water partition coefficient (Wildman–Crippen LogP) is 4.92. The molecule has 3 N–H and O–H groups in total. The number of amides is 3. The highest BCUT2D eigenvalue weighted by Crippen LogP contribution is 2.17. The molecule has 0 aliphatic carbocycles. The van der Waals surface area contributed by atoms with Crippen LogP contribution in [-0.4, -0.2) is 17.7 Å². The van der Waals surface area contributed by atoms with Crippen LogP contribution in [0.25, 0.3) is 6.08 Å². The van der Waals surface area contributed by atoms with Gasteiger partial charge < -0.3 is 16.0 Å². The Balaban J connectivity index is 1.88. The number of anilines is 3. The summed E-state index contributed by atoms with van der Waals surface area (Å²) in [6, 6.07) is 21.5. The van der Waals surface area contributed by atoms with E-state index in [0.29, 0.717) is 22.6 Å². The summed E-state index contributed by atoms with van der Waals surface area (Å²) < 4.78 is 0. The molecule has 0 unspecified atom stereocenters. The van der Waals surface area contributed by atoms with Gasteiger partial charge in [-0.3, -0.25) is 14.4 Å². The second-order valence-electron chi connectivity index (χ2n) is 7.50. The van der Waals surface area contributed by atoms with E-state index in [1.807, 2.05) is 38.1 Å². The molecule has 3 amide bonds. The van der Waals surface area contributed by atoms with Gasteiger partial charge in [-0.1, -0.05) is 47.5 Å². The van der Waals surface area contributed by atoms with E-state index in [2.05, 4.69) is 16.0 Å². The summed E-state index contributed by atoms with van der Waals surface area (Å²) in [6.45, 7) is 5.34. The zero-order chi connectivity index (χ0) is 23.1. The monoisotopic (exact) mass is 427 g/mol. The molecular weight excluding hydrogens is 402 g/mol. The molecule has 0 atom stereocenters. The van der Waals surface area contributed by atoms with E-state index in [1.54, 1.807) is 48.5 Å². The van der Waals surface area contributed by atoms with E-state index < -0.39 is 11.8 Å². The van der Waals surface area contributed by atoms with Crippen LogP contribution in [0.4, 0.5) is 17.1 Å². The number of hydrogen-bond donors (Lipinski definition) is 3. The summed E-state index contributed by atoms with van der Waals surface area (Å²) in [7, 11) is 0. The molecule has 3 aromatic carbocycles. The molecule has 32 heavy (non-hydrogen) atoms. The summed E-state index contributed by atoms with van der Waals surface area (Å²) in [5, 5.41) is 8.24. The number of benzene rings is 3. The standard InChI is InChI=1S/C26H25N3O3/c1-17-4-10-22(11-5-17)28-25(31)24(26(32)29-23-12-6-18(2)7-13-23)16-20-8-14-21(15-9-20)27-19(3)30/h4-16H,1-3H3,(H,27,30)(H,28,31)(H,29,32). The van der Waals surface area contributed by atoms with Crippen LogP contribution >= 0.6 is 0 Å². The van der Waals surface area contributed by atoms with Gasteiger partial charge in [-0.15, -0.1) is 0 Å². The highest BCUT2D eigenvalue weighted by Gasteiger charge is 2.19. The SMILES string of the molecule is CC(=O)Nc1ccc(C=C(C(=O)Nc2ccc(C)cc2)C(=O)Nc2ccc(C)cc2)cc1. The van der Waals surface area contributed by atoms with Crippen LogP contribution < -0.4 is 16.0 Å². The van der Waals surface area contributed by atoms with Gasteiger partial charge in [0.1, 0.15) is 5.57 Å². The van der Waals surface area contributed by atoms with Crippen molar-refractivity contribution in [2.24, 2.45) is 0 Å². The van der Waals surface area contributed by atoms with Crippen molar-refractivity contribution in [1.29, 1.82) is 0 Å². The number of carbonyl (C=O) groups is 3. The minimum atomic E-state index is -0.524. The van der Waals surface area contributed by atoms with Gasteiger partial charge in [0.2, 0.25) is 5.91 Å². The molecule has 3 rings (SSSR count). The highest BCUT2D eigenvalue weighted by molar-refractivity contribution is 6.28. The van der Waals surface area contributed by atoms with E-state index in [0.717, 1.165) is 11.1 Å². The zero-order valence-corrected chi connectivity index (χ0v) is 18.2. The van der Waals surface area contributed by atoms with Crippen LogP contribution in [0.5, 0.6) is 0 Å². The maximum Gasteiger partial charge on any atom is 0.261 e. The van der Waals surface area contributed by atoms with Crippen molar-refractivity contribution < 1.29 is 14.4 Å². The number of hydrogen-bond acceptors (Lipinski definition) is 3. The first-order valence-corrected chi connectivity index (χ1v) is 10.2. The first-order chi connectivity index (χ1) is 15.3. The molecule has 3 aromatic rings. The Kier molecular flexibility index (Phi) is 7.18. The molecule has 6 nitrogen and oxygen atoms in total. The second-order valence-corrected chi connectivity index (χ2v) is 7.50. The van der Waals surface area contributed by atoms with Crippen molar-refractivity contribution in [3.8, 4) is 0 Å². The van der Waals surface area contributed by atoms with Crippen LogP contribution in [0.1, 0.15) is 23.6 Å². The minimum absolute atomic E-state index is 0.0431. The Bertz CT molecular complexity index is 1080. The molecule has 6 heteroatoms. The normalized spacial score (nSPS) is 10.1. The molecule has 0 aliphatic heterocycles. The van der Waals surface area contributed by atoms with Crippen molar-refractivity contribution >= 4 is 40.9 Å². The Hall–Kier alpha value is -4.19. The van der Waals surface area contributed by atoms with Gasteiger partial charge in [0.15, 0.2) is 0 Å². The summed E-state index contributed by atoms with van der Waals surface area (Å²) in [5.74, 6) is -1.22. The lowest BCUT2D eigenvalue weighted by atomic mass is 10.1. The van der Waals surface area contributed by atoms with Gasteiger partial charge in [-0.05, 0) is 61.9 Å². The van der Waals surface area contributed by atoms with Gasteiger partial charge in [0.05, 0.1) is 0 Å². The van der Waals surface area contributed by atoms with Crippen LogP contribution in [0.2, 0.25) is 0 Å². The Morgan fingerprint density at radius 1 is 0.594 bits per heavy atom. The predicted molar refractivity (Wildman–Crippen MR) is 128 cm³/mol. The zero-order valence-electron chi connectivity index (χ0n) is 18.2. The lowest BCUT2D eigenvalue weighted by Crippen LogP contribution is -2.25. The molecule has 0 aliphatic rings. The van der Waals surface area contributed by atoms with Crippen molar-refractivity contribution in [2.75, 3.05) is 16.0 Å². The van der Waals surface area contributed by atoms with Crippen LogP contribution in [0.3, 0.4) is 0 Å². The maximum absolute atomic E-state index is 13.0. The van der Waals surface area contributed by atoms with E-state index >= 15 is 0 Å². The molecule has 0 saturated carbocycles. The molecule has 0 spiro atoms. The number of carbonyl (C=O) groups excluding carboxylic acids is 3. The molecule has 0 heterocycles. The van der Waals surface area contributed by atoms with Crippen LogP contribution in [0.15, 0.2) is 78.4 Å². The average Bonchev–Trinajstić information content (AvgIpc) is 2.76. The molecule has 162 valence electrons. The highest BCUT2D eigenvalue weighted by atomic mass is 16.2. The van der Waals surface area contributed by atoms with Gasteiger partial charge in [-0.25, -0.2) is 0 Å². The summed E-state index contributed by atoms with van der Waals surface area (Å²) in [4.78, 5) is 37.2. The lowest BCUT2D eigenvalue weighted by molar-refractivity contribution is -0.118.